The number of cyclic esters (lactones) is 1. The molecule has 3 saturated heterocycles. The average Bonchev–Trinajstić information content (AvgIpc) is 3.63. The lowest BCUT2D eigenvalue weighted by molar-refractivity contribution is -0.173. The summed E-state index contributed by atoms with van der Waals surface area (Å²) in [6.07, 6.45) is 1.55. The molecule has 1 aromatic carbocycles. The van der Waals surface area contributed by atoms with Crippen LogP contribution in [0.2, 0.25) is 0 Å². The maximum Gasteiger partial charge on any atom is 0.332 e. The standard InChI is InChI=1S/C27H30N8O4S/c1-16-22(26(36)39-16)30-27(37)35-7-5-33(6-8-35)15-17-13-21-23(40-17)25(34-9-11-38-12-10-34)31-24(29-21)18-3-2-4-20-19(18)14-28-32-20/h2-4,13-14,16,22H,5-12,15H2,1H3,(H,28,32)(H,30,37). The van der Waals surface area contributed by atoms with Gasteiger partial charge in [0.05, 0.1) is 35.1 Å². The number of benzene rings is 1. The molecule has 0 spiro atoms. The summed E-state index contributed by atoms with van der Waals surface area (Å²) in [4.78, 5) is 41.9. The summed E-state index contributed by atoms with van der Waals surface area (Å²) in [7, 11) is 0. The number of aromatic nitrogens is 4. The average molecular weight is 563 g/mol. The van der Waals surface area contributed by atoms with Crippen molar-refractivity contribution in [2.45, 2.75) is 25.6 Å². The highest BCUT2D eigenvalue weighted by Crippen LogP contribution is 2.36. The van der Waals surface area contributed by atoms with Crippen LogP contribution in [0.25, 0.3) is 32.5 Å². The van der Waals surface area contributed by atoms with Gasteiger partial charge in [-0.1, -0.05) is 12.1 Å². The van der Waals surface area contributed by atoms with Crippen LogP contribution in [0, 0.1) is 0 Å². The number of anilines is 1. The molecule has 12 nitrogen and oxygen atoms in total. The number of H-pyrrole nitrogens is 1. The third kappa shape index (κ3) is 4.63. The van der Waals surface area contributed by atoms with Gasteiger partial charge in [-0.05, 0) is 19.1 Å². The minimum absolute atomic E-state index is 0.208. The van der Waals surface area contributed by atoms with E-state index >= 15 is 0 Å². The van der Waals surface area contributed by atoms with Crippen LogP contribution in [-0.2, 0) is 20.8 Å². The van der Waals surface area contributed by atoms with E-state index in [1.165, 1.54) is 4.88 Å². The lowest BCUT2D eigenvalue weighted by atomic mass is 10.1. The van der Waals surface area contributed by atoms with Gasteiger partial charge >= 0.3 is 12.0 Å². The van der Waals surface area contributed by atoms with E-state index in [1.54, 1.807) is 23.2 Å². The Kier molecular flexibility index (Phi) is 6.48. The third-order valence-corrected chi connectivity index (χ3v) is 8.89. The lowest BCUT2D eigenvalue weighted by Crippen LogP contribution is -2.62. The Bertz CT molecular complexity index is 1570. The van der Waals surface area contributed by atoms with E-state index in [-0.39, 0.29) is 18.1 Å². The Balaban J connectivity index is 1.11. The fourth-order valence-electron chi connectivity index (χ4n) is 5.49. The molecule has 0 aliphatic carbocycles. The summed E-state index contributed by atoms with van der Waals surface area (Å²) < 4.78 is 11.6. The number of carbonyl (C=O) groups is 2. The summed E-state index contributed by atoms with van der Waals surface area (Å²) in [5.74, 6) is 1.27. The molecule has 0 bridgehead atoms. The maximum absolute atomic E-state index is 12.6. The third-order valence-electron chi connectivity index (χ3n) is 7.78. The fraction of sp³-hybridized carbons (Fsp3) is 0.444. The number of piperazine rings is 1. The van der Waals surface area contributed by atoms with Crippen LogP contribution >= 0.6 is 11.3 Å². The van der Waals surface area contributed by atoms with Gasteiger partial charge in [-0.3, -0.25) is 10.00 Å². The van der Waals surface area contributed by atoms with Gasteiger partial charge in [-0.15, -0.1) is 11.3 Å². The molecule has 3 aliphatic rings. The second-order valence-corrected chi connectivity index (χ2v) is 11.5. The molecule has 2 N–H and O–H groups in total. The Morgan fingerprint density at radius 1 is 1.15 bits per heavy atom. The summed E-state index contributed by atoms with van der Waals surface area (Å²) in [6.45, 7) is 8.19. The monoisotopic (exact) mass is 562 g/mol. The van der Waals surface area contributed by atoms with Crippen LogP contribution in [0.4, 0.5) is 10.6 Å². The van der Waals surface area contributed by atoms with Gasteiger partial charge in [0.2, 0.25) is 0 Å². The van der Waals surface area contributed by atoms with Crippen LogP contribution < -0.4 is 10.2 Å². The number of aromatic amines is 1. The highest BCUT2D eigenvalue weighted by atomic mass is 32.1. The number of thiophene rings is 1. The number of nitrogens with zero attached hydrogens (tertiary/aromatic N) is 6. The van der Waals surface area contributed by atoms with Crippen LogP contribution in [0.1, 0.15) is 11.8 Å². The first-order valence-electron chi connectivity index (χ1n) is 13.6. The van der Waals surface area contributed by atoms with Crippen LogP contribution in [-0.4, -0.2) is 107 Å². The van der Waals surface area contributed by atoms with E-state index in [2.05, 4.69) is 31.4 Å². The van der Waals surface area contributed by atoms with Crippen molar-refractivity contribution in [1.29, 1.82) is 0 Å². The SMILES string of the molecule is CC1OC(=O)C1NC(=O)N1CCN(Cc2cc3nc(-c4cccc5[nH]ncc45)nc(N4CCOCC4)c3s2)CC1. The molecule has 0 saturated carbocycles. The molecule has 13 heteroatoms. The van der Waals surface area contributed by atoms with Gasteiger partial charge in [0.15, 0.2) is 17.7 Å². The predicted molar refractivity (Wildman–Crippen MR) is 150 cm³/mol. The van der Waals surface area contributed by atoms with Crippen molar-refractivity contribution in [3.63, 3.8) is 0 Å². The Morgan fingerprint density at radius 2 is 1.98 bits per heavy atom. The van der Waals surface area contributed by atoms with Crippen LogP contribution in [0.15, 0.2) is 30.5 Å². The number of hydrogen-bond donors (Lipinski definition) is 2. The van der Waals surface area contributed by atoms with Crippen molar-refractivity contribution < 1.29 is 19.1 Å². The summed E-state index contributed by atoms with van der Waals surface area (Å²) in [5.41, 5.74) is 2.84. The number of esters is 1. The number of urea groups is 1. The van der Waals surface area contributed by atoms with Crippen LogP contribution in [0.3, 0.4) is 0 Å². The molecule has 2 amide bonds. The van der Waals surface area contributed by atoms with Crippen LogP contribution in [0.5, 0.6) is 0 Å². The normalized spacial score (nSPS) is 22.0. The minimum atomic E-state index is -0.545. The molecule has 0 radical (unpaired) electrons. The maximum atomic E-state index is 12.6. The molecule has 4 aromatic rings. The molecule has 3 aromatic heterocycles. The number of morpholine rings is 1. The first-order valence-corrected chi connectivity index (χ1v) is 14.4. The molecule has 40 heavy (non-hydrogen) atoms. The highest BCUT2D eigenvalue weighted by molar-refractivity contribution is 7.19. The predicted octanol–water partition coefficient (Wildman–Crippen LogP) is 2.21. The number of rotatable bonds is 5. The number of fused-ring (bicyclic) bond motifs is 2. The van der Waals surface area contributed by atoms with Crippen molar-refractivity contribution >= 4 is 50.3 Å². The number of amides is 2. The Hall–Kier alpha value is -3.81. The van der Waals surface area contributed by atoms with Gasteiger partial charge in [-0.25, -0.2) is 19.6 Å². The summed E-state index contributed by atoms with van der Waals surface area (Å²) in [5, 5.41) is 11.0. The first kappa shape index (κ1) is 25.2. The zero-order chi connectivity index (χ0) is 27.2. The van der Waals surface area contributed by atoms with E-state index in [0.29, 0.717) is 32.1 Å². The Labute approximate surface area is 234 Å². The lowest BCUT2D eigenvalue weighted by Gasteiger charge is -2.37. The van der Waals surface area contributed by atoms with Crippen molar-refractivity contribution in [1.82, 2.24) is 35.3 Å². The quantitative estimate of drug-likeness (QED) is 0.352. The number of hydrogen-bond acceptors (Lipinski definition) is 10. The molecular formula is C27H30N8O4S. The van der Waals surface area contributed by atoms with Gasteiger partial charge in [0.1, 0.15) is 6.10 Å². The van der Waals surface area contributed by atoms with E-state index in [0.717, 1.165) is 65.2 Å². The zero-order valence-corrected chi connectivity index (χ0v) is 22.9. The summed E-state index contributed by atoms with van der Waals surface area (Å²) in [6, 6.07) is 7.46. The van der Waals surface area contributed by atoms with Gasteiger partial charge < -0.3 is 24.6 Å². The molecule has 6 heterocycles. The molecule has 2 atom stereocenters. The van der Waals surface area contributed by atoms with E-state index in [1.807, 2.05) is 24.4 Å². The topological polar surface area (TPSA) is 129 Å². The molecule has 2 unspecified atom stereocenters. The zero-order valence-electron chi connectivity index (χ0n) is 22.1. The van der Waals surface area contributed by atoms with Gasteiger partial charge in [-0.2, -0.15) is 5.10 Å². The second-order valence-electron chi connectivity index (χ2n) is 10.4. The molecule has 208 valence electrons. The molecular weight excluding hydrogens is 532 g/mol. The number of ether oxygens (including phenoxy) is 2. The molecule has 3 aliphatic heterocycles. The smallest absolute Gasteiger partial charge is 0.332 e. The van der Waals surface area contributed by atoms with E-state index in [4.69, 9.17) is 19.4 Å². The van der Waals surface area contributed by atoms with Gasteiger partial charge in [0, 0.05) is 61.6 Å². The van der Waals surface area contributed by atoms with E-state index < -0.39 is 6.04 Å². The molecule has 7 rings (SSSR count). The fourth-order valence-corrected chi connectivity index (χ4v) is 6.64. The van der Waals surface area contributed by atoms with E-state index in [9.17, 15) is 9.59 Å². The Morgan fingerprint density at radius 3 is 2.75 bits per heavy atom. The molecule has 3 fully saturated rings. The van der Waals surface area contributed by atoms with Crippen molar-refractivity contribution in [2.75, 3.05) is 57.4 Å². The van der Waals surface area contributed by atoms with Crippen molar-refractivity contribution in [2.24, 2.45) is 0 Å². The largest absolute Gasteiger partial charge is 0.458 e. The highest BCUT2D eigenvalue weighted by Gasteiger charge is 2.41. The first-order chi connectivity index (χ1) is 19.5. The number of nitrogens with one attached hydrogen (secondary N) is 2. The van der Waals surface area contributed by atoms with Gasteiger partial charge in [0.25, 0.3) is 0 Å². The van der Waals surface area contributed by atoms with Crippen molar-refractivity contribution in [3.8, 4) is 11.4 Å². The number of carbonyl (C=O) groups excluding carboxylic acids is 2. The second kappa shape index (κ2) is 10.3. The minimum Gasteiger partial charge on any atom is -0.458 e. The summed E-state index contributed by atoms with van der Waals surface area (Å²) >= 11 is 1.73. The van der Waals surface area contributed by atoms with Crippen molar-refractivity contribution in [3.05, 3.63) is 35.3 Å².